The molecule has 0 unspecified atom stereocenters. The minimum absolute atomic E-state index is 0. The van der Waals surface area contributed by atoms with Crippen molar-refractivity contribution in [3.05, 3.63) is 0 Å². The van der Waals surface area contributed by atoms with Crippen molar-refractivity contribution < 1.29 is 132 Å². The van der Waals surface area contributed by atoms with Gasteiger partial charge in [0.1, 0.15) is 0 Å². The summed E-state index contributed by atoms with van der Waals surface area (Å²) in [5.74, 6) is 0. The maximum atomic E-state index is 0. The van der Waals surface area contributed by atoms with Crippen molar-refractivity contribution >= 4 is 0 Å². The van der Waals surface area contributed by atoms with Crippen LogP contribution in [0.3, 0.4) is 0 Å². The first-order valence-electron chi connectivity index (χ1n) is 0. The van der Waals surface area contributed by atoms with E-state index in [0.29, 0.717) is 0 Å². The van der Waals surface area contributed by atoms with Crippen LogP contribution in [0.4, 0.5) is 0 Å². The normalized spacial score (nSPS) is 0. The first-order valence-corrected chi connectivity index (χ1v) is 0. The van der Waals surface area contributed by atoms with E-state index in [-0.39, 0.29) is 132 Å². The van der Waals surface area contributed by atoms with Crippen molar-refractivity contribution in [3.8, 4) is 0 Å². The molecule has 0 aliphatic rings. The van der Waals surface area contributed by atoms with Gasteiger partial charge in [-0.15, -0.1) is 0 Å². The van der Waals surface area contributed by atoms with Gasteiger partial charge in [-0.3, -0.25) is 0 Å². The number of rotatable bonds is 0. The van der Waals surface area contributed by atoms with E-state index in [1.54, 1.807) is 0 Å². The number of hydrogen-bond acceptors (Lipinski definition) is 3. The van der Waals surface area contributed by atoms with Crippen LogP contribution in [0.5, 0.6) is 0 Å². The van der Waals surface area contributed by atoms with E-state index in [2.05, 4.69) is 0 Å². The minimum atomic E-state index is 0. The molecule has 0 bridgehead atoms. The van der Waals surface area contributed by atoms with E-state index < -0.39 is 0 Å². The quantitative estimate of drug-likeness (QED) is 0.412. The smallest absolute Gasteiger partial charge is 0.870 e. The molecule has 0 aromatic carbocycles. The average molecular weight is 322 g/mol. The summed E-state index contributed by atoms with van der Waals surface area (Å²) in [6.07, 6.45) is 0. The third-order valence-electron chi connectivity index (χ3n) is 0. The van der Waals surface area contributed by atoms with Crippen molar-refractivity contribution in [2.75, 3.05) is 0 Å². The van der Waals surface area contributed by atoms with Crippen molar-refractivity contribution in [2.24, 2.45) is 0 Å². The molecule has 0 aliphatic heterocycles. The van der Waals surface area contributed by atoms with E-state index in [1.807, 2.05) is 0 Å². The Bertz CT molecular complexity index is 11.2. The topological polar surface area (TPSA) is 122 Å². The first-order chi connectivity index (χ1) is 0. The Kier molecular flexibility index (Phi) is 985. The van der Waals surface area contributed by atoms with Crippen LogP contribution in [-0.4, -0.2) is 21.9 Å². The molecule has 0 saturated heterocycles. The van der Waals surface area contributed by atoms with E-state index in [4.69, 9.17) is 0 Å². The second kappa shape index (κ2) is 76.8. The molecule has 4 nitrogen and oxygen atoms in total. The van der Waals surface area contributed by atoms with Gasteiger partial charge >= 0.3 is 88.7 Å². The zero-order valence-corrected chi connectivity index (χ0v) is 14.2. The summed E-state index contributed by atoms with van der Waals surface area (Å²) in [5, 5.41) is 0. The van der Waals surface area contributed by atoms with E-state index >= 15 is 0 Å². The molecule has 0 saturated carbocycles. The van der Waals surface area contributed by atoms with Gasteiger partial charge in [0.15, 0.2) is 0 Å². The zero-order valence-electron chi connectivity index (χ0n) is 5.25. The Labute approximate surface area is 129 Å². The molecule has 0 radical (unpaired) electrons. The van der Waals surface area contributed by atoms with Gasteiger partial charge in [0, 0.05) is 21.1 Å². The maximum Gasteiger partial charge on any atom is 1.00 e. The molecule has 0 aromatic heterocycles. The van der Waals surface area contributed by atoms with Gasteiger partial charge in [0.05, 0.1) is 0 Å². The van der Waals surface area contributed by atoms with Gasteiger partial charge in [-0.25, -0.2) is 0 Å². The monoisotopic (exact) mass is 322 g/mol. The van der Waals surface area contributed by atoms with Crippen LogP contribution in [0.1, 0.15) is 0 Å². The molecule has 0 rings (SSSR count). The third kappa shape index (κ3) is 55.7. The summed E-state index contributed by atoms with van der Waals surface area (Å²) >= 11 is 0. The fourth-order valence-corrected chi connectivity index (χ4v) is 0. The van der Waals surface area contributed by atoms with Crippen LogP contribution >= 0.6 is 0 Å². The molecule has 0 aromatic rings. The molecule has 0 spiro atoms. The van der Waals surface area contributed by atoms with Gasteiger partial charge in [-0.1, -0.05) is 0 Å². The Morgan fingerprint density at radius 1 is 0.500 bits per heavy atom. The molecule has 0 amide bonds. The molecule has 0 fully saturated rings. The van der Waals surface area contributed by atoms with Gasteiger partial charge in [-0.05, 0) is 0 Å². The molecule has 0 heterocycles. The van der Waals surface area contributed by atoms with E-state index in [1.165, 1.54) is 0 Å². The van der Waals surface area contributed by atoms with Gasteiger partial charge < -0.3 is 21.9 Å². The van der Waals surface area contributed by atoms with Crippen LogP contribution in [0.25, 0.3) is 0 Å². The summed E-state index contributed by atoms with van der Waals surface area (Å²) in [7, 11) is 0. The Balaban J connectivity index is 0. The molecule has 38 valence electrons. The third-order valence-corrected chi connectivity index (χ3v) is 0. The van der Waals surface area contributed by atoms with Crippen LogP contribution in [0.15, 0.2) is 0 Å². The molecular weight excluding hydrogens is 317 g/mol. The maximum absolute atomic E-state index is 0. The fourth-order valence-electron chi connectivity index (χ4n) is 0. The van der Waals surface area contributed by atoms with Crippen molar-refractivity contribution in [2.45, 2.75) is 0 Å². The van der Waals surface area contributed by atoms with E-state index in [9.17, 15) is 0 Å². The minimum Gasteiger partial charge on any atom is -0.870 e. The summed E-state index contributed by atoms with van der Waals surface area (Å²) in [6.45, 7) is 0. The molecule has 0 atom stereocenters. The summed E-state index contributed by atoms with van der Waals surface area (Å²) < 4.78 is 0. The van der Waals surface area contributed by atoms with Crippen molar-refractivity contribution in [1.82, 2.24) is 0 Å². The van der Waals surface area contributed by atoms with Gasteiger partial charge in [0.25, 0.3) is 0 Å². The van der Waals surface area contributed by atoms with Crippen LogP contribution in [0.2, 0.25) is 0 Å². The SMILES string of the molecule is O.[Na+].[Na+].[Na+].[OH-].[OH-].[OH-].[W]. The van der Waals surface area contributed by atoms with Crippen molar-refractivity contribution in [3.63, 3.8) is 0 Å². The Morgan fingerprint density at radius 3 is 0.500 bits per heavy atom. The van der Waals surface area contributed by atoms with Crippen molar-refractivity contribution in [1.29, 1.82) is 0 Å². The Morgan fingerprint density at radius 2 is 0.500 bits per heavy atom. The van der Waals surface area contributed by atoms with Crippen LogP contribution in [-0.2, 0) is 21.1 Å². The van der Waals surface area contributed by atoms with Gasteiger partial charge in [0.2, 0.25) is 0 Å². The van der Waals surface area contributed by atoms with Crippen LogP contribution < -0.4 is 88.7 Å². The fraction of sp³-hybridized carbons (Fsp3) is 0. The molecule has 8 heavy (non-hydrogen) atoms. The molecule has 0 aliphatic carbocycles. The second-order valence-corrected chi connectivity index (χ2v) is 0. The predicted molar refractivity (Wildman–Crippen MR) is 9.42 cm³/mol. The molecular formula is H5Na3O4W. The second-order valence-electron chi connectivity index (χ2n) is 0. The standard InChI is InChI=1S/3Na.4H2O.W/h;;;4*1H2;/q3*+1;;;;;/p-3. The first kappa shape index (κ1) is 103. The van der Waals surface area contributed by atoms with Gasteiger partial charge in [-0.2, -0.15) is 0 Å². The predicted octanol–water partition coefficient (Wildman–Crippen LogP) is -10.3. The summed E-state index contributed by atoms with van der Waals surface area (Å²) in [6, 6.07) is 0. The molecule has 8 heteroatoms. The molecule has 5 N–H and O–H groups in total. The zero-order chi connectivity index (χ0) is 0. The van der Waals surface area contributed by atoms with E-state index in [0.717, 1.165) is 0 Å². The largest absolute Gasteiger partial charge is 1.00 e. The summed E-state index contributed by atoms with van der Waals surface area (Å²) in [5.41, 5.74) is 0. The average Bonchev–Trinajstić information content (AvgIpc) is 0. The Hall–Kier alpha value is 3.53. The number of hydrogen-bond donors (Lipinski definition) is 0. The van der Waals surface area contributed by atoms with Crippen LogP contribution in [0, 0.1) is 0 Å². The summed E-state index contributed by atoms with van der Waals surface area (Å²) in [4.78, 5) is 0.